The number of aromatic amines is 2. The standard InChI is InChI=1S/C32H38N6O7S/c1-46-13-12-25(30(42)37-26(32(44)45)10-11-28(39)40)36-31(43)27(15-19-17-35-24-9-5-3-7-21(19)24)38-29(41)22(33)14-18-16-34-23-8-4-2-6-20(18)23/h2-9,16-17,22,25-27,34-35H,10-15,33H2,1H3,(H,36,43)(H,37,42)(H,38,41)(H,39,40)(H,44,45). The third-order valence-corrected chi connectivity index (χ3v) is 8.33. The van der Waals surface area contributed by atoms with Gasteiger partial charge in [0.05, 0.1) is 6.04 Å². The molecule has 0 aliphatic heterocycles. The van der Waals surface area contributed by atoms with E-state index in [2.05, 4.69) is 25.9 Å². The summed E-state index contributed by atoms with van der Waals surface area (Å²) in [7, 11) is 0. The van der Waals surface area contributed by atoms with E-state index in [-0.39, 0.29) is 25.7 Å². The van der Waals surface area contributed by atoms with Crippen molar-refractivity contribution in [3.05, 3.63) is 72.1 Å². The van der Waals surface area contributed by atoms with Crippen molar-refractivity contribution < 1.29 is 34.2 Å². The first-order chi connectivity index (χ1) is 22.1. The van der Waals surface area contributed by atoms with Gasteiger partial charge in [0.25, 0.3) is 0 Å². The van der Waals surface area contributed by atoms with Crippen LogP contribution in [0.15, 0.2) is 60.9 Å². The van der Waals surface area contributed by atoms with E-state index in [0.29, 0.717) is 5.75 Å². The first-order valence-corrected chi connectivity index (χ1v) is 16.2. The first-order valence-electron chi connectivity index (χ1n) is 14.8. The molecular weight excluding hydrogens is 612 g/mol. The van der Waals surface area contributed by atoms with Crippen molar-refractivity contribution >= 4 is 63.2 Å². The van der Waals surface area contributed by atoms with Crippen LogP contribution in [0.4, 0.5) is 0 Å². The zero-order valence-electron chi connectivity index (χ0n) is 25.2. The van der Waals surface area contributed by atoms with Crippen LogP contribution in [0.2, 0.25) is 0 Å². The summed E-state index contributed by atoms with van der Waals surface area (Å²) in [5, 5.41) is 28.1. The molecule has 4 aromatic rings. The third-order valence-electron chi connectivity index (χ3n) is 7.69. The highest BCUT2D eigenvalue weighted by molar-refractivity contribution is 7.98. The Hall–Kier alpha value is -4.82. The van der Waals surface area contributed by atoms with Gasteiger partial charge < -0.3 is 41.9 Å². The minimum absolute atomic E-state index is 0.0780. The van der Waals surface area contributed by atoms with Gasteiger partial charge in [-0.2, -0.15) is 11.8 Å². The number of hydrogen-bond acceptors (Lipinski definition) is 7. The molecule has 2 aromatic carbocycles. The van der Waals surface area contributed by atoms with Gasteiger partial charge in [0.1, 0.15) is 18.1 Å². The summed E-state index contributed by atoms with van der Waals surface area (Å²) in [6.45, 7) is 0. The fraction of sp³-hybridized carbons (Fsp3) is 0.344. The molecule has 0 spiro atoms. The molecule has 0 fully saturated rings. The average molecular weight is 651 g/mol. The van der Waals surface area contributed by atoms with E-state index in [0.717, 1.165) is 32.9 Å². The lowest BCUT2D eigenvalue weighted by molar-refractivity contribution is -0.143. The normalized spacial score (nSPS) is 13.9. The summed E-state index contributed by atoms with van der Waals surface area (Å²) in [6, 6.07) is 10.4. The topological polar surface area (TPSA) is 219 Å². The summed E-state index contributed by atoms with van der Waals surface area (Å²) in [4.78, 5) is 69.5. The van der Waals surface area contributed by atoms with Gasteiger partial charge in [0, 0.05) is 47.0 Å². The van der Waals surface area contributed by atoms with Crippen LogP contribution in [0, 0.1) is 0 Å². The fourth-order valence-corrected chi connectivity index (χ4v) is 5.68. The van der Waals surface area contributed by atoms with Crippen molar-refractivity contribution in [1.29, 1.82) is 0 Å². The van der Waals surface area contributed by atoms with Gasteiger partial charge in [-0.25, -0.2) is 4.79 Å². The minimum atomic E-state index is -1.46. The van der Waals surface area contributed by atoms with E-state index in [9.17, 15) is 29.1 Å². The minimum Gasteiger partial charge on any atom is -0.481 e. The van der Waals surface area contributed by atoms with Gasteiger partial charge in [-0.3, -0.25) is 19.2 Å². The smallest absolute Gasteiger partial charge is 0.326 e. The summed E-state index contributed by atoms with van der Waals surface area (Å²) in [5.41, 5.74) is 9.69. The lowest BCUT2D eigenvalue weighted by Gasteiger charge is -2.25. The molecule has 0 saturated heterocycles. The van der Waals surface area contributed by atoms with E-state index in [1.165, 1.54) is 11.8 Å². The van der Waals surface area contributed by atoms with Crippen LogP contribution in [-0.4, -0.2) is 86.0 Å². The Labute approximate surface area is 269 Å². The van der Waals surface area contributed by atoms with Crippen LogP contribution in [0.5, 0.6) is 0 Å². The molecular formula is C32H38N6O7S. The van der Waals surface area contributed by atoms with Gasteiger partial charge in [-0.1, -0.05) is 36.4 Å². The Morgan fingerprint density at radius 1 is 0.739 bits per heavy atom. The molecule has 4 rings (SSSR count). The van der Waals surface area contributed by atoms with E-state index < -0.39 is 60.2 Å². The molecule has 2 heterocycles. The maximum Gasteiger partial charge on any atom is 0.326 e. The zero-order chi connectivity index (χ0) is 33.2. The van der Waals surface area contributed by atoms with Crippen molar-refractivity contribution in [2.75, 3.05) is 12.0 Å². The number of aliphatic carboxylic acids is 2. The predicted octanol–water partition coefficient (Wildman–Crippen LogP) is 1.92. The van der Waals surface area contributed by atoms with E-state index in [4.69, 9.17) is 10.8 Å². The highest BCUT2D eigenvalue weighted by Crippen LogP contribution is 2.21. The molecule has 13 nitrogen and oxygen atoms in total. The molecule has 0 saturated carbocycles. The highest BCUT2D eigenvalue weighted by atomic mass is 32.2. The SMILES string of the molecule is CSCCC(NC(=O)C(Cc1c[nH]c2ccccc12)NC(=O)C(N)Cc1c[nH]c2ccccc12)C(=O)NC(CCC(=O)O)C(=O)O. The number of aromatic nitrogens is 2. The Balaban J connectivity index is 1.54. The number of rotatable bonds is 17. The molecule has 46 heavy (non-hydrogen) atoms. The van der Waals surface area contributed by atoms with Crippen molar-refractivity contribution in [1.82, 2.24) is 25.9 Å². The Kier molecular flexibility index (Phi) is 11.8. The van der Waals surface area contributed by atoms with Crippen LogP contribution >= 0.6 is 11.8 Å². The van der Waals surface area contributed by atoms with Crippen LogP contribution in [0.3, 0.4) is 0 Å². The van der Waals surface area contributed by atoms with Crippen molar-refractivity contribution in [2.24, 2.45) is 5.73 Å². The van der Waals surface area contributed by atoms with Crippen molar-refractivity contribution in [2.45, 2.75) is 56.3 Å². The lowest BCUT2D eigenvalue weighted by atomic mass is 10.0. The molecule has 9 N–H and O–H groups in total. The Bertz CT molecular complexity index is 1700. The molecule has 14 heteroatoms. The van der Waals surface area contributed by atoms with Gasteiger partial charge >= 0.3 is 11.9 Å². The second kappa shape index (κ2) is 16.0. The number of amides is 3. The maximum atomic E-state index is 13.8. The number of para-hydroxylation sites is 2. The summed E-state index contributed by atoms with van der Waals surface area (Å²) < 4.78 is 0. The van der Waals surface area contributed by atoms with Crippen molar-refractivity contribution in [3.8, 4) is 0 Å². The number of hydrogen-bond donors (Lipinski definition) is 8. The third kappa shape index (κ3) is 8.88. The number of carbonyl (C=O) groups excluding carboxylic acids is 3. The largest absolute Gasteiger partial charge is 0.481 e. The maximum absolute atomic E-state index is 13.8. The van der Waals surface area contributed by atoms with Crippen LogP contribution in [-0.2, 0) is 36.8 Å². The van der Waals surface area contributed by atoms with E-state index >= 15 is 0 Å². The Morgan fingerprint density at radius 2 is 1.26 bits per heavy atom. The highest BCUT2D eigenvalue weighted by Gasteiger charge is 2.31. The quantitative estimate of drug-likeness (QED) is 0.0835. The molecule has 2 aromatic heterocycles. The number of benzene rings is 2. The number of carbonyl (C=O) groups is 5. The molecule has 244 valence electrons. The number of H-pyrrole nitrogens is 2. The van der Waals surface area contributed by atoms with Crippen LogP contribution < -0.4 is 21.7 Å². The number of carboxylic acid groups (broad SMARTS) is 2. The number of thioether (sulfide) groups is 1. The second-order valence-electron chi connectivity index (χ2n) is 11.0. The number of nitrogens with one attached hydrogen (secondary N) is 5. The molecule has 3 amide bonds. The fourth-order valence-electron chi connectivity index (χ4n) is 5.21. The van der Waals surface area contributed by atoms with Crippen LogP contribution in [0.1, 0.15) is 30.4 Å². The van der Waals surface area contributed by atoms with Gasteiger partial charge in [0.2, 0.25) is 17.7 Å². The molecule has 0 bridgehead atoms. The van der Waals surface area contributed by atoms with Gasteiger partial charge in [-0.05, 0) is 54.5 Å². The molecule has 4 atom stereocenters. The molecule has 0 aliphatic carbocycles. The second-order valence-corrected chi connectivity index (χ2v) is 12.0. The summed E-state index contributed by atoms with van der Waals surface area (Å²) in [6.07, 6.45) is 5.03. The first kappa shape index (κ1) is 34.1. The Morgan fingerprint density at radius 3 is 1.83 bits per heavy atom. The molecule has 0 aliphatic rings. The summed E-state index contributed by atoms with van der Waals surface area (Å²) in [5.74, 6) is -4.12. The monoisotopic (exact) mass is 650 g/mol. The molecule has 0 radical (unpaired) electrons. The average Bonchev–Trinajstić information content (AvgIpc) is 3.64. The van der Waals surface area contributed by atoms with E-state index in [1.54, 1.807) is 12.4 Å². The van der Waals surface area contributed by atoms with Gasteiger partial charge in [0.15, 0.2) is 0 Å². The van der Waals surface area contributed by atoms with Gasteiger partial charge in [-0.15, -0.1) is 0 Å². The lowest BCUT2D eigenvalue weighted by Crippen LogP contribution is -2.58. The number of nitrogens with two attached hydrogens (primary N) is 1. The zero-order valence-corrected chi connectivity index (χ0v) is 26.1. The number of carboxylic acids is 2. The molecule has 4 unspecified atom stereocenters. The summed E-state index contributed by atoms with van der Waals surface area (Å²) >= 11 is 1.43. The van der Waals surface area contributed by atoms with E-state index in [1.807, 2.05) is 54.8 Å². The van der Waals surface area contributed by atoms with Crippen LogP contribution in [0.25, 0.3) is 21.8 Å². The predicted molar refractivity (Wildman–Crippen MR) is 175 cm³/mol. The van der Waals surface area contributed by atoms with Crippen molar-refractivity contribution in [3.63, 3.8) is 0 Å². The number of fused-ring (bicyclic) bond motifs is 2.